The minimum Gasteiger partial charge on any atom is -0.480 e. The first-order chi connectivity index (χ1) is 7.38. The summed E-state index contributed by atoms with van der Waals surface area (Å²) in [6.07, 6.45) is 1.71. The molecule has 1 rings (SSSR count). The number of rotatable bonds is 4. The molecule has 0 atom stereocenters. The Kier molecular flexibility index (Phi) is 3.85. The lowest BCUT2D eigenvalue weighted by atomic mass is 10.2. The Morgan fingerprint density at radius 3 is 2.69 bits per heavy atom. The summed E-state index contributed by atoms with van der Waals surface area (Å²) in [5, 5.41) is 9.02. The fraction of sp³-hybridized carbons (Fsp3) is 0.500. The summed E-state index contributed by atoms with van der Waals surface area (Å²) in [5.41, 5.74) is 0.304. The zero-order valence-corrected chi connectivity index (χ0v) is 10.1. The third-order valence-electron chi connectivity index (χ3n) is 2.03. The van der Waals surface area contributed by atoms with Crippen molar-refractivity contribution in [3.63, 3.8) is 0 Å². The molecule has 0 spiro atoms. The van der Waals surface area contributed by atoms with E-state index in [-0.39, 0.29) is 5.03 Å². The van der Waals surface area contributed by atoms with Crippen molar-refractivity contribution in [1.82, 2.24) is 9.97 Å². The highest BCUT2D eigenvalue weighted by molar-refractivity contribution is 8.01. The summed E-state index contributed by atoms with van der Waals surface area (Å²) in [6.45, 7) is 4.79. The molecule has 4 nitrogen and oxygen atoms in total. The number of hydrogen-bond acceptors (Lipinski definition) is 4. The summed E-state index contributed by atoms with van der Waals surface area (Å²) < 4.78 is 12.6. The van der Waals surface area contributed by atoms with Crippen LogP contribution in [0.2, 0.25) is 0 Å². The van der Waals surface area contributed by atoms with Gasteiger partial charge in [-0.2, -0.15) is 0 Å². The molecule has 1 heterocycles. The molecule has 0 radical (unpaired) electrons. The number of carboxylic acid groups (broad SMARTS) is 1. The van der Waals surface area contributed by atoms with E-state index in [1.807, 2.05) is 0 Å². The zero-order chi connectivity index (χ0) is 12.3. The molecule has 16 heavy (non-hydrogen) atoms. The molecule has 0 saturated carbocycles. The first kappa shape index (κ1) is 12.9. The average molecular weight is 244 g/mol. The summed E-state index contributed by atoms with van der Waals surface area (Å²) in [5.74, 6) is -1.53. The van der Waals surface area contributed by atoms with Crippen LogP contribution in [0.4, 0.5) is 4.39 Å². The van der Waals surface area contributed by atoms with Crippen molar-refractivity contribution >= 4 is 17.7 Å². The van der Waals surface area contributed by atoms with Gasteiger partial charge in [0, 0.05) is 0 Å². The quantitative estimate of drug-likeness (QED) is 0.649. The van der Waals surface area contributed by atoms with E-state index in [0.29, 0.717) is 12.1 Å². The molecule has 1 N–H and O–H groups in total. The predicted molar refractivity (Wildman–Crippen MR) is 58.9 cm³/mol. The molecule has 0 aliphatic carbocycles. The van der Waals surface area contributed by atoms with Crippen LogP contribution in [0, 0.1) is 5.82 Å². The third-order valence-corrected chi connectivity index (χ3v) is 3.19. The van der Waals surface area contributed by atoms with E-state index in [4.69, 9.17) is 5.11 Å². The molecule has 0 amide bonds. The van der Waals surface area contributed by atoms with Crippen molar-refractivity contribution in [3.05, 3.63) is 17.8 Å². The molecule has 6 heteroatoms. The normalized spacial score (nSPS) is 11.5. The zero-order valence-electron chi connectivity index (χ0n) is 9.32. The van der Waals surface area contributed by atoms with Crippen LogP contribution in [0.1, 0.15) is 26.5 Å². The highest BCUT2D eigenvalue weighted by Gasteiger charge is 2.30. The Morgan fingerprint density at radius 2 is 2.19 bits per heavy atom. The van der Waals surface area contributed by atoms with E-state index in [0.717, 1.165) is 11.8 Å². The molecule has 0 bridgehead atoms. The van der Waals surface area contributed by atoms with Crippen LogP contribution in [0.3, 0.4) is 0 Å². The SMILES string of the molecule is CCc1ncnc(SC(C)(C)C(=O)O)c1F. The molecule has 0 fully saturated rings. The van der Waals surface area contributed by atoms with Crippen LogP contribution in [-0.4, -0.2) is 25.8 Å². The van der Waals surface area contributed by atoms with E-state index >= 15 is 0 Å². The minimum atomic E-state index is -1.11. The maximum absolute atomic E-state index is 13.7. The van der Waals surface area contributed by atoms with Gasteiger partial charge in [0.2, 0.25) is 0 Å². The van der Waals surface area contributed by atoms with Crippen LogP contribution < -0.4 is 0 Å². The lowest BCUT2D eigenvalue weighted by Crippen LogP contribution is -2.27. The molecule has 0 unspecified atom stereocenters. The molecular formula is C10H13FN2O2S. The highest BCUT2D eigenvalue weighted by Crippen LogP contribution is 2.33. The fourth-order valence-electron chi connectivity index (χ4n) is 0.991. The Labute approximate surface area is 97.3 Å². The van der Waals surface area contributed by atoms with Crippen LogP contribution in [0.25, 0.3) is 0 Å². The largest absolute Gasteiger partial charge is 0.480 e. The predicted octanol–water partition coefficient (Wildman–Crippen LogP) is 2.13. The first-order valence-electron chi connectivity index (χ1n) is 4.80. The number of hydrogen-bond donors (Lipinski definition) is 1. The van der Waals surface area contributed by atoms with Gasteiger partial charge in [0.1, 0.15) is 16.1 Å². The van der Waals surface area contributed by atoms with Gasteiger partial charge in [0.05, 0.1) is 5.69 Å². The van der Waals surface area contributed by atoms with Crippen molar-refractivity contribution in [2.24, 2.45) is 0 Å². The molecule has 0 saturated heterocycles. The lowest BCUT2D eigenvalue weighted by molar-refractivity contribution is -0.138. The van der Waals surface area contributed by atoms with Crippen molar-refractivity contribution < 1.29 is 14.3 Å². The number of carbonyl (C=O) groups is 1. The van der Waals surface area contributed by atoms with Gasteiger partial charge < -0.3 is 5.11 Å². The smallest absolute Gasteiger partial charge is 0.319 e. The number of thioether (sulfide) groups is 1. The van der Waals surface area contributed by atoms with Gasteiger partial charge in [-0.25, -0.2) is 14.4 Å². The number of halogens is 1. The average Bonchev–Trinajstić information content (AvgIpc) is 2.20. The highest BCUT2D eigenvalue weighted by atomic mass is 32.2. The summed E-state index contributed by atoms with van der Waals surface area (Å²) in [7, 11) is 0. The standard InChI is InChI=1S/C10H13FN2O2S/c1-4-6-7(11)8(13-5-12-6)16-10(2,3)9(14)15/h5H,4H2,1-3H3,(H,14,15). The van der Waals surface area contributed by atoms with E-state index in [1.54, 1.807) is 6.92 Å². The van der Waals surface area contributed by atoms with E-state index in [1.165, 1.54) is 20.2 Å². The maximum atomic E-state index is 13.7. The summed E-state index contributed by atoms with van der Waals surface area (Å²) in [6, 6.07) is 0. The number of carboxylic acids is 1. The lowest BCUT2D eigenvalue weighted by Gasteiger charge is -2.18. The van der Waals surface area contributed by atoms with E-state index in [9.17, 15) is 9.18 Å². The van der Waals surface area contributed by atoms with Crippen molar-refractivity contribution in [2.75, 3.05) is 0 Å². The molecular weight excluding hydrogens is 231 g/mol. The van der Waals surface area contributed by atoms with Gasteiger partial charge in [0.15, 0.2) is 5.82 Å². The third kappa shape index (κ3) is 2.69. The summed E-state index contributed by atoms with van der Waals surface area (Å²) >= 11 is 0.884. The van der Waals surface area contributed by atoms with Gasteiger partial charge in [-0.3, -0.25) is 4.79 Å². The van der Waals surface area contributed by atoms with Gasteiger partial charge >= 0.3 is 5.97 Å². The van der Waals surface area contributed by atoms with Crippen molar-refractivity contribution in [2.45, 2.75) is 37.0 Å². The van der Waals surface area contributed by atoms with Crippen LogP contribution >= 0.6 is 11.8 Å². The van der Waals surface area contributed by atoms with Crippen molar-refractivity contribution in [3.8, 4) is 0 Å². The molecule has 0 aromatic carbocycles. The molecule has 1 aromatic heterocycles. The molecule has 88 valence electrons. The second-order valence-electron chi connectivity index (χ2n) is 3.71. The number of nitrogens with zero attached hydrogens (tertiary/aromatic N) is 2. The first-order valence-corrected chi connectivity index (χ1v) is 5.62. The number of aliphatic carboxylic acids is 1. The molecule has 1 aromatic rings. The van der Waals surface area contributed by atoms with Gasteiger partial charge in [-0.15, -0.1) is 0 Å². The Balaban J connectivity index is 3.02. The molecule has 0 aliphatic heterocycles. The van der Waals surface area contributed by atoms with Gasteiger partial charge in [0.25, 0.3) is 0 Å². The number of aryl methyl sites for hydroxylation is 1. The Bertz CT molecular complexity index is 410. The second-order valence-corrected chi connectivity index (χ2v) is 5.32. The van der Waals surface area contributed by atoms with Crippen LogP contribution in [0.15, 0.2) is 11.4 Å². The molecule has 0 aliphatic rings. The van der Waals surface area contributed by atoms with Crippen molar-refractivity contribution in [1.29, 1.82) is 0 Å². The van der Waals surface area contributed by atoms with Crippen LogP contribution in [0.5, 0.6) is 0 Å². The fourth-order valence-corrected chi connectivity index (χ4v) is 1.87. The minimum absolute atomic E-state index is 0.0826. The topological polar surface area (TPSA) is 63.1 Å². The number of aromatic nitrogens is 2. The van der Waals surface area contributed by atoms with E-state index < -0.39 is 16.5 Å². The monoisotopic (exact) mass is 244 g/mol. The van der Waals surface area contributed by atoms with E-state index in [2.05, 4.69) is 9.97 Å². The Hall–Kier alpha value is -1.17. The summed E-state index contributed by atoms with van der Waals surface area (Å²) in [4.78, 5) is 18.5. The van der Waals surface area contributed by atoms with Gasteiger partial charge in [-0.05, 0) is 20.3 Å². The maximum Gasteiger partial charge on any atom is 0.319 e. The van der Waals surface area contributed by atoms with Gasteiger partial charge in [-0.1, -0.05) is 18.7 Å². The second kappa shape index (κ2) is 4.78. The Morgan fingerprint density at radius 1 is 1.56 bits per heavy atom. The van der Waals surface area contributed by atoms with Crippen LogP contribution in [-0.2, 0) is 11.2 Å².